The third-order valence-electron chi connectivity index (χ3n) is 4.14. The summed E-state index contributed by atoms with van der Waals surface area (Å²) in [4.78, 5) is 22.6. The fraction of sp³-hybridized carbons (Fsp3) is 0.211. The van der Waals surface area contributed by atoms with Gasteiger partial charge in [0.15, 0.2) is 5.69 Å². The molecule has 0 fully saturated rings. The van der Waals surface area contributed by atoms with E-state index in [9.17, 15) is 9.90 Å². The van der Waals surface area contributed by atoms with E-state index in [1.165, 1.54) is 0 Å². The highest BCUT2D eigenvalue weighted by molar-refractivity contribution is 6.33. The standard InChI is InChI=1S/C19H18Cl2N4O2/c1-11-17(19(26)27)25(10-13-8-14(20)5-6-15(13)21)18(23-11)12-4-7-16(22-9-12)24(2)3/h4-9H,10H2,1-3H3,(H,26,27). The summed E-state index contributed by atoms with van der Waals surface area (Å²) in [5.74, 6) is 0.256. The molecule has 0 amide bonds. The summed E-state index contributed by atoms with van der Waals surface area (Å²) in [5.41, 5.74) is 1.96. The molecule has 3 aromatic rings. The first-order valence-corrected chi connectivity index (χ1v) is 8.91. The lowest BCUT2D eigenvalue weighted by atomic mass is 10.2. The summed E-state index contributed by atoms with van der Waals surface area (Å²) in [6.07, 6.45) is 1.68. The second-order valence-corrected chi connectivity index (χ2v) is 7.14. The maximum atomic E-state index is 11.8. The average Bonchev–Trinajstić information content (AvgIpc) is 2.94. The van der Waals surface area contributed by atoms with E-state index in [2.05, 4.69) is 9.97 Å². The van der Waals surface area contributed by atoms with Gasteiger partial charge in [0.2, 0.25) is 0 Å². The molecule has 0 aliphatic rings. The van der Waals surface area contributed by atoms with E-state index in [4.69, 9.17) is 23.2 Å². The van der Waals surface area contributed by atoms with Crippen LogP contribution in [-0.2, 0) is 6.54 Å². The first kappa shape index (κ1) is 19.2. The van der Waals surface area contributed by atoms with Crippen molar-refractivity contribution in [3.63, 3.8) is 0 Å². The second kappa shape index (κ2) is 7.58. The minimum Gasteiger partial charge on any atom is -0.477 e. The number of carbonyl (C=O) groups is 1. The molecule has 2 heterocycles. The molecule has 6 nitrogen and oxygen atoms in total. The van der Waals surface area contributed by atoms with Gasteiger partial charge in [0.1, 0.15) is 11.6 Å². The van der Waals surface area contributed by atoms with Gasteiger partial charge in [0, 0.05) is 35.9 Å². The highest BCUT2D eigenvalue weighted by Gasteiger charge is 2.22. The summed E-state index contributed by atoms with van der Waals surface area (Å²) in [7, 11) is 3.80. The number of nitrogens with zero attached hydrogens (tertiary/aromatic N) is 4. The molecule has 1 N–H and O–H groups in total. The number of pyridine rings is 1. The molecular weight excluding hydrogens is 387 g/mol. The van der Waals surface area contributed by atoms with Gasteiger partial charge in [0.25, 0.3) is 0 Å². The van der Waals surface area contributed by atoms with Crippen molar-refractivity contribution in [1.29, 1.82) is 0 Å². The molecule has 27 heavy (non-hydrogen) atoms. The maximum Gasteiger partial charge on any atom is 0.354 e. The van der Waals surface area contributed by atoms with E-state index >= 15 is 0 Å². The van der Waals surface area contributed by atoms with Crippen molar-refractivity contribution in [2.24, 2.45) is 0 Å². The van der Waals surface area contributed by atoms with Gasteiger partial charge in [0.05, 0.1) is 12.2 Å². The monoisotopic (exact) mass is 404 g/mol. The van der Waals surface area contributed by atoms with Gasteiger partial charge in [-0.3, -0.25) is 0 Å². The van der Waals surface area contributed by atoms with Crippen LogP contribution in [0.2, 0.25) is 10.0 Å². The van der Waals surface area contributed by atoms with E-state index in [0.717, 1.165) is 5.82 Å². The largest absolute Gasteiger partial charge is 0.477 e. The summed E-state index contributed by atoms with van der Waals surface area (Å²) in [6.45, 7) is 1.90. The number of aromatic carboxylic acids is 1. The number of rotatable bonds is 5. The number of hydrogen-bond acceptors (Lipinski definition) is 4. The zero-order valence-electron chi connectivity index (χ0n) is 15.1. The van der Waals surface area contributed by atoms with Crippen molar-refractivity contribution in [2.75, 3.05) is 19.0 Å². The Hall–Kier alpha value is -2.57. The molecule has 0 aliphatic carbocycles. The van der Waals surface area contributed by atoms with Gasteiger partial charge in [-0.15, -0.1) is 0 Å². The van der Waals surface area contributed by atoms with Crippen LogP contribution in [0.15, 0.2) is 36.5 Å². The molecule has 0 saturated heterocycles. The Labute approximate surface area is 167 Å². The van der Waals surface area contributed by atoms with Crippen molar-refractivity contribution >= 4 is 35.0 Å². The second-order valence-electron chi connectivity index (χ2n) is 6.30. The van der Waals surface area contributed by atoms with Crippen molar-refractivity contribution in [2.45, 2.75) is 13.5 Å². The maximum absolute atomic E-state index is 11.8. The molecule has 0 bridgehead atoms. The molecule has 0 radical (unpaired) electrons. The molecule has 3 rings (SSSR count). The Morgan fingerprint density at radius 1 is 1.22 bits per heavy atom. The van der Waals surface area contributed by atoms with Gasteiger partial charge in [-0.05, 0) is 42.8 Å². The number of anilines is 1. The number of halogens is 2. The minimum absolute atomic E-state index is 0.109. The Balaban J connectivity index is 2.13. The van der Waals surface area contributed by atoms with Crippen LogP contribution in [0.1, 0.15) is 21.7 Å². The van der Waals surface area contributed by atoms with Crippen LogP contribution in [0.5, 0.6) is 0 Å². The van der Waals surface area contributed by atoms with Crippen LogP contribution in [-0.4, -0.2) is 39.7 Å². The minimum atomic E-state index is -1.05. The highest BCUT2D eigenvalue weighted by atomic mass is 35.5. The van der Waals surface area contributed by atoms with Gasteiger partial charge < -0.3 is 14.6 Å². The Kier molecular flexibility index (Phi) is 5.39. The summed E-state index contributed by atoms with van der Waals surface area (Å²) in [5, 5.41) is 10.7. The first-order valence-electron chi connectivity index (χ1n) is 8.16. The van der Waals surface area contributed by atoms with Gasteiger partial charge >= 0.3 is 5.97 Å². The molecule has 1 aromatic carbocycles. The predicted molar refractivity (Wildman–Crippen MR) is 107 cm³/mol. The van der Waals surface area contributed by atoms with Crippen LogP contribution in [0, 0.1) is 6.92 Å². The molecule has 0 aliphatic heterocycles. The normalized spacial score (nSPS) is 10.9. The van der Waals surface area contributed by atoms with Crippen LogP contribution in [0.4, 0.5) is 5.82 Å². The summed E-state index contributed by atoms with van der Waals surface area (Å²) >= 11 is 12.4. The van der Waals surface area contributed by atoms with E-state index in [1.54, 1.807) is 35.9 Å². The Bertz CT molecular complexity index is 998. The van der Waals surface area contributed by atoms with Crippen LogP contribution >= 0.6 is 23.2 Å². The average molecular weight is 405 g/mol. The molecule has 2 aromatic heterocycles. The summed E-state index contributed by atoms with van der Waals surface area (Å²) in [6, 6.07) is 8.83. The van der Waals surface area contributed by atoms with Crippen molar-refractivity contribution in [3.05, 3.63) is 63.5 Å². The third-order valence-corrected chi connectivity index (χ3v) is 4.75. The van der Waals surface area contributed by atoms with E-state index < -0.39 is 5.97 Å². The lowest BCUT2D eigenvalue weighted by Crippen LogP contribution is -2.13. The van der Waals surface area contributed by atoms with Crippen LogP contribution in [0.25, 0.3) is 11.4 Å². The number of hydrogen-bond donors (Lipinski definition) is 1. The molecule has 0 saturated carbocycles. The quantitative estimate of drug-likeness (QED) is 0.683. The van der Waals surface area contributed by atoms with Gasteiger partial charge in [-0.1, -0.05) is 23.2 Å². The molecule has 140 valence electrons. The van der Waals surface area contributed by atoms with Crippen LogP contribution in [0.3, 0.4) is 0 Å². The number of aryl methyl sites for hydroxylation is 1. The van der Waals surface area contributed by atoms with E-state index in [1.807, 2.05) is 31.1 Å². The fourth-order valence-electron chi connectivity index (χ4n) is 2.84. The zero-order chi connectivity index (χ0) is 19.7. The van der Waals surface area contributed by atoms with Crippen molar-refractivity contribution in [1.82, 2.24) is 14.5 Å². The molecule has 8 heteroatoms. The number of benzene rings is 1. The smallest absolute Gasteiger partial charge is 0.354 e. The first-order chi connectivity index (χ1) is 12.8. The Morgan fingerprint density at radius 3 is 2.56 bits per heavy atom. The topological polar surface area (TPSA) is 71.2 Å². The van der Waals surface area contributed by atoms with Crippen molar-refractivity contribution < 1.29 is 9.90 Å². The SMILES string of the molecule is Cc1nc(-c2ccc(N(C)C)nc2)n(Cc2cc(Cl)ccc2Cl)c1C(=O)O. The third kappa shape index (κ3) is 3.91. The number of carboxylic acid groups (broad SMARTS) is 1. The molecule has 0 atom stereocenters. The van der Waals surface area contributed by atoms with E-state index in [-0.39, 0.29) is 12.2 Å². The predicted octanol–water partition coefficient (Wildman–Crippen LogP) is 4.37. The van der Waals surface area contributed by atoms with Crippen LogP contribution < -0.4 is 4.90 Å². The molecule has 0 unspecified atom stereocenters. The highest BCUT2D eigenvalue weighted by Crippen LogP contribution is 2.27. The van der Waals surface area contributed by atoms with Gasteiger partial charge in [-0.25, -0.2) is 14.8 Å². The fourth-order valence-corrected chi connectivity index (χ4v) is 3.21. The van der Waals surface area contributed by atoms with E-state index in [0.29, 0.717) is 32.7 Å². The lowest BCUT2D eigenvalue weighted by Gasteiger charge is -2.14. The number of imidazole rings is 1. The number of carboxylic acids is 1. The van der Waals surface area contributed by atoms with Gasteiger partial charge in [-0.2, -0.15) is 0 Å². The molecule has 0 spiro atoms. The number of aromatic nitrogens is 3. The molecular formula is C19H18Cl2N4O2. The summed E-state index contributed by atoms with van der Waals surface area (Å²) < 4.78 is 1.63. The Morgan fingerprint density at radius 2 is 1.96 bits per heavy atom. The van der Waals surface area contributed by atoms with Crippen molar-refractivity contribution in [3.8, 4) is 11.4 Å². The zero-order valence-corrected chi connectivity index (χ0v) is 16.6. The lowest BCUT2D eigenvalue weighted by molar-refractivity contribution is 0.0685.